The zero-order valence-electron chi connectivity index (χ0n) is 13.1. The lowest BCUT2D eigenvalue weighted by Gasteiger charge is -2.15. The summed E-state index contributed by atoms with van der Waals surface area (Å²) in [4.78, 5) is 16.8. The van der Waals surface area contributed by atoms with Crippen molar-refractivity contribution in [3.8, 4) is 0 Å². The van der Waals surface area contributed by atoms with E-state index >= 15 is 0 Å². The quantitative estimate of drug-likeness (QED) is 0.839. The first-order valence-corrected chi connectivity index (χ1v) is 10.0. The third-order valence-electron chi connectivity index (χ3n) is 3.36. The molecule has 1 heterocycles. The van der Waals surface area contributed by atoms with Crippen molar-refractivity contribution in [3.05, 3.63) is 53.7 Å². The highest BCUT2D eigenvalue weighted by molar-refractivity contribution is 7.98. The van der Waals surface area contributed by atoms with Crippen molar-refractivity contribution in [2.45, 2.75) is 22.9 Å². The molecule has 1 aromatic heterocycles. The Hall–Kier alpha value is -1.86. The van der Waals surface area contributed by atoms with Gasteiger partial charge in [0.2, 0.25) is 0 Å². The predicted octanol–water partition coefficient (Wildman–Crippen LogP) is 2.70. The third-order valence-corrected chi connectivity index (χ3v) is 5.21. The van der Waals surface area contributed by atoms with Crippen molar-refractivity contribution in [2.75, 3.05) is 12.5 Å². The molecule has 1 amide bonds. The van der Waals surface area contributed by atoms with Gasteiger partial charge in [0.05, 0.1) is 16.5 Å². The third kappa shape index (κ3) is 4.33. The molecule has 2 aromatic rings. The highest BCUT2D eigenvalue weighted by Gasteiger charge is 2.15. The monoisotopic (exact) mass is 350 g/mol. The molecule has 0 aliphatic carbocycles. The van der Waals surface area contributed by atoms with E-state index in [4.69, 9.17) is 0 Å². The largest absolute Gasteiger partial charge is 0.345 e. The van der Waals surface area contributed by atoms with Gasteiger partial charge in [-0.1, -0.05) is 12.1 Å². The minimum Gasteiger partial charge on any atom is -0.345 e. The first-order chi connectivity index (χ1) is 10.8. The van der Waals surface area contributed by atoms with Crippen molar-refractivity contribution < 1.29 is 13.2 Å². The summed E-state index contributed by atoms with van der Waals surface area (Å²) in [6.07, 6.45) is 4.68. The molecule has 7 heteroatoms. The van der Waals surface area contributed by atoms with E-state index in [9.17, 15) is 13.2 Å². The number of thioether (sulfide) groups is 1. The number of hydrogen-bond donors (Lipinski definition) is 1. The van der Waals surface area contributed by atoms with E-state index < -0.39 is 9.84 Å². The van der Waals surface area contributed by atoms with Crippen LogP contribution in [-0.2, 0) is 9.84 Å². The van der Waals surface area contributed by atoms with E-state index in [0.717, 1.165) is 5.56 Å². The van der Waals surface area contributed by atoms with Crippen LogP contribution in [-0.4, -0.2) is 31.8 Å². The Balaban J connectivity index is 2.15. The molecule has 0 saturated carbocycles. The Morgan fingerprint density at radius 1 is 1.22 bits per heavy atom. The standard InChI is InChI=1S/C16H18N2O3S2/c1-11(12-6-8-13(9-7-12)23(3,20)21)18-15(19)14-5-4-10-17-16(14)22-2/h4-11H,1-3H3,(H,18,19)/t11-/m0/s1. The van der Waals surface area contributed by atoms with Crippen LogP contribution in [0, 0.1) is 0 Å². The highest BCUT2D eigenvalue weighted by Crippen LogP contribution is 2.20. The van der Waals surface area contributed by atoms with E-state index in [1.165, 1.54) is 18.0 Å². The lowest BCUT2D eigenvalue weighted by molar-refractivity contribution is 0.0936. The lowest BCUT2D eigenvalue weighted by Crippen LogP contribution is -2.27. The Bertz CT molecular complexity index is 802. The number of aromatic nitrogens is 1. The van der Waals surface area contributed by atoms with Crippen LogP contribution in [0.3, 0.4) is 0 Å². The molecule has 0 spiro atoms. The SMILES string of the molecule is CSc1ncccc1C(=O)N[C@@H](C)c1ccc(S(C)(=O)=O)cc1. The number of benzene rings is 1. The number of carbonyl (C=O) groups excluding carboxylic acids is 1. The molecule has 1 N–H and O–H groups in total. The van der Waals surface area contributed by atoms with Crippen molar-refractivity contribution in [3.63, 3.8) is 0 Å². The second-order valence-corrected chi connectivity index (χ2v) is 7.91. The second-order valence-electron chi connectivity index (χ2n) is 5.10. The van der Waals surface area contributed by atoms with E-state index in [1.807, 2.05) is 13.2 Å². The first kappa shape index (κ1) is 17.5. The second kappa shape index (κ2) is 7.14. The molecule has 0 saturated heterocycles. The van der Waals surface area contributed by atoms with E-state index in [0.29, 0.717) is 10.6 Å². The van der Waals surface area contributed by atoms with Crippen LogP contribution < -0.4 is 5.32 Å². The minimum atomic E-state index is -3.22. The summed E-state index contributed by atoms with van der Waals surface area (Å²) in [5, 5.41) is 3.57. The maximum absolute atomic E-state index is 12.4. The fourth-order valence-corrected chi connectivity index (χ4v) is 3.27. The zero-order chi connectivity index (χ0) is 17.0. The van der Waals surface area contributed by atoms with Gasteiger partial charge in [0.15, 0.2) is 9.84 Å². The Morgan fingerprint density at radius 2 is 1.87 bits per heavy atom. The number of nitrogens with zero attached hydrogens (tertiary/aromatic N) is 1. The minimum absolute atomic E-state index is 0.206. The average Bonchev–Trinajstić information content (AvgIpc) is 2.54. The van der Waals surface area contributed by atoms with Crippen LogP contribution in [0.5, 0.6) is 0 Å². The fraction of sp³-hybridized carbons (Fsp3) is 0.250. The molecule has 2 rings (SSSR count). The maximum atomic E-state index is 12.4. The van der Waals surface area contributed by atoms with E-state index in [-0.39, 0.29) is 16.8 Å². The maximum Gasteiger partial charge on any atom is 0.254 e. The normalized spacial score (nSPS) is 12.7. The number of carbonyl (C=O) groups is 1. The number of nitrogens with one attached hydrogen (secondary N) is 1. The van der Waals surface area contributed by atoms with Gasteiger partial charge in [0.1, 0.15) is 5.03 Å². The summed E-state index contributed by atoms with van der Waals surface area (Å²) < 4.78 is 22.9. The van der Waals surface area contributed by atoms with Gasteiger partial charge in [-0.3, -0.25) is 4.79 Å². The average molecular weight is 350 g/mol. The summed E-state index contributed by atoms with van der Waals surface area (Å²) in [6, 6.07) is 9.72. The summed E-state index contributed by atoms with van der Waals surface area (Å²) >= 11 is 1.41. The molecule has 23 heavy (non-hydrogen) atoms. The van der Waals surface area contributed by atoms with Gasteiger partial charge in [-0.05, 0) is 43.0 Å². The van der Waals surface area contributed by atoms with Crippen LogP contribution in [0.15, 0.2) is 52.5 Å². The van der Waals surface area contributed by atoms with Gasteiger partial charge in [-0.25, -0.2) is 13.4 Å². The van der Waals surface area contributed by atoms with Crippen LogP contribution in [0.1, 0.15) is 28.9 Å². The van der Waals surface area contributed by atoms with Crippen LogP contribution >= 0.6 is 11.8 Å². The Labute approximate surface area is 140 Å². The number of amides is 1. The van der Waals surface area contributed by atoms with Crippen LogP contribution in [0.2, 0.25) is 0 Å². The predicted molar refractivity (Wildman–Crippen MR) is 91.5 cm³/mol. The zero-order valence-corrected chi connectivity index (χ0v) is 14.7. The molecule has 1 aromatic carbocycles. The summed E-state index contributed by atoms with van der Waals surface area (Å²) in [7, 11) is -3.22. The van der Waals surface area contributed by atoms with Gasteiger partial charge in [-0.15, -0.1) is 11.8 Å². The first-order valence-electron chi connectivity index (χ1n) is 6.93. The summed E-state index contributed by atoms with van der Waals surface area (Å²) in [5.74, 6) is -0.206. The number of hydrogen-bond acceptors (Lipinski definition) is 5. The molecular weight excluding hydrogens is 332 g/mol. The molecule has 0 aliphatic rings. The van der Waals surface area contributed by atoms with Crippen molar-refractivity contribution in [1.29, 1.82) is 0 Å². The molecule has 0 bridgehead atoms. The molecule has 0 radical (unpaired) electrons. The molecule has 5 nitrogen and oxygen atoms in total. The molecular formula is C16H18N2O3S2. The Kier molecular flexibility index (Phi) is 5.43. The molecule has 1 atom stereocenters. The number of pyridine rings is 1. The van der Waals surface area contributed by atoms with Crippen molar-refractivity contribution in [1.82, 2.24) is 10.3 Å². The van der Waals surface area contributed by atoms with Gasteiger partial charge >= 0.3 is 0 Å². The van der Waals surface area contributed by atoms with Crippen LogP contribution in [0.4, 0.5) is 0 Å². The Morgan fingerprint density at radius 3 is 2.43 bits per heavy atom. The van der Waals surface area contributed by atoms with E-state index in [2.05, 4.69) is 10.3 Å². The number of sulfone groups is 1. The van der Waals surface area contributed by atoms with Gasteiger partial charge in [0, 0.05) is 12.5 Å². The summed E-state index contributed by atoms with van der Waals surface area (Å²) in [6.45, 7) is 1.85. The molecule has 0 unspecified atom stereocenters. The number of rotatable bonds is 5. The van der Waals surface area contributed by atoms with Gasteiger partial charge in [0.25, 0.3) is 5.91 Å². The van der Waals surface area contributed by atoms with Gasteiger partial charge in [-0.2, -0.15) is 0 Å². The van der Waals surface area contributed by atoms with Crippen molar-refractivity contribution >= 4 is 27.5 Å². The smallest absolute Gasteiger partial charge is 0.254 e. The molecule has 122 valence electrons. The fourth-order valence-electron chi connectivity index (χ4n) is 2.09. The summed E-state index contributed by atoms with van der Waals surface area (Å²) in [5.41, 5.74) is 1.36. The van der Waals surface area contributed by atoms with E-state index in [1.54, 1.807) is 42.6 Å². The van der Waals surface area contributed by atoms with Gasteiger partial charge < -0.3 is 5.32 Å². The molecule has 0 fully saturated rings. The topological polar surface area (TPSA) is 76.1 Å². The molecule has 0 aliphatic heterocycles. The highest BCUT2D eigenvalue weighted by atomic mass is 32.2. The van der Waals surface area contributed by atoms with Crippen molar-refractivity contribution in [2.24, 2.45) is 0 Å². The van der Waals surface area contributed by atoms with Crippen LogP contribution in [0.25, 0.3) is 0 Å². The lowest BCUT2D eigenvalue weighted by atomic mass is 10.1.